The Morgan fingerprint density at radius 3 is 2.47 bits per heavy atom. The van der Waals surface area contributed by atoms with Crippen molar-refractivity contribution in [1.82, 2.24) is 29.8 Å². The van der Waals surface area contributed by atoms with Crippen molar-refractivity contribution in [3.63, 3.8) is 0 Å². The quantitative estimate of drug-likeness (QED) is 0.507. The van der Waals surface area contributed by atoms with E-state index in [1.807, 2.05) is 26.0 Å². The molecule has 0 saturated carbocycles. The van der Waals surface area contributed by atoms with Gasteiger partial charge in [-0.3, -0.25) is 9.69 Å². The van der Waals surface area contributed by atoms with Crippen LogP contribution in [-0.2, 0) is 16.0 Å². The number of amides is 1. The van der Waals surface area contributed by atoms with E-state index in [0.717, 1.165) is 55.4 Å². The topological polar surface area (TPSA) is 103 Å². The predicted octanol–water partition coefficient (Wildman–Crippen LogP) is 1.81. The van der Waals surface area contributed by atoms with Gasteiger partial charge in [-0.15, -0.1) is 5.10 Å². The Kier molecular flexibility index (Phi) is 7.59. The third kappa shape index (κ3) is 5.45. The molecule has 10 nitrogen and oxygen atoms in total. The van der Waals surface area contributed by atoms with Gasteiger partial charge in [0.15, 0.2) is 5.82 Å². The van der Waals surface area contributed by atoms with E-state index < -0.39 is 0 Å². The highest BCUT2D eigenvalue weighted by atomic mass is 16.5. The van der Waals surface area contributed by atoms with E-state index in [1.165, 1.54) is 0 Å². The highest BCUT2D eigenvalue weighted by Crippen LogP contribution is 2.28. The van der Waals surface area contributed by atoms with Gasteiger partial charge in [-0.1, -0.05) is 0 Å². The summed E-state index contributed by atoms with van der Waals surface area (Å²) in [6.45, 7) is 8.78. The molecule has 182 valence electrons. The lowest BCUT2D eigenvalue weighted by Gasteiger charge is -2.26. The standard InChI is InChI=1S/C24H32N6O4/c1-16-21(5-6-22(31)25-7-8-29-9-11-34-12-10-29)17(2)30-24(26-16)27-23(28-30)18-13-19(32-3)15-20(14-18)33-4/h13-15H,5-12H2,1-4H3,(H,25,31). The van der Waals surface area contributed by atoms with Crippen molar-refractivity contribution in [3.8, 4) is 22.9 Å². The van der Waals surface area contributed by atoms with E-state index in [9.17, 15) is 4.79 Å². The van der Waals surface area contributed by atoms with E-state index in [-0.39, 0.29) is 5.91 Å². The fourth-order valence-corrected chi connectivity index (χ4v) is 4.13. The molecule has 0 atom stereocenters. The van der Waals surface area contributed by atoms with Crippen molar-refractivity contribution in [1.29, 1.82) is 0 Å². The molecule has 0 spiro atoms. The van der Waals surface area contributed by atoms with Crippen molar-refractivity contribution < 1.29 is 19.0 Å². The number of nitrogens with one attached hydrogen (secondary N) is 1. The molecule has 1 aliphatic rings. The number of ether oxygens (including phenoxy) is 3. The minimum absolute atomic E-state index is 0.0370. The predicted molar refractivity (Wildman–Crippen MR) is 127 cm³/mol. The SMILES string of the molecule is COc1cc(OC)cc(-c2nc3nc(C)c(CCC(=O)NCCN4CCOCC4)c(C)n3n2)c1. The van der Waals surface area contributed by atoms with Gasteiger partial charge in [-0.05, 0) is 38.0 Å². The molecule has 0 aliphatic carbocycles. The molecule has 10 heteroatoms. The van der Waals surface area contributed by atoms with Gasteiger partial charge in [0.05, 0.1) is 27.4 Å². The lowest BCUT2D eigenvalue weighted by atomic mass is 10.1. The number of carbonyl (C=O) groups excluding carboxylic acids is 1. The summed E-state index contributed by atoms with van der Waals surface area (Å²) >= 11 is 0. The maximum atomic E-state index is 12.4. The molecule has 4 rings (SSSR count). The van der Waals surface area contributed by atoms with Crippen LogP contribution < -0.4 is 14.8 Å². The maximum absolute atomic E-state index is 12.4. The number of benzene rings is 1. The third-order valence-electron chi connectivity index (χ3n) is 6.11. The molecule has 1 fully saturated rings. The molecule has 0 radical (unpaired) electrons. The largest absolute Gasteiger partial charge is 0.497 e. The Labute approximate surface area is 199 Å². The smallest absolute Gasteiger partial charge is 0.253 e. The number of hydrogen-bond donors (Lipinski definition) is 1. The molecule has 0 unspecified atom stereocenters. The van der Waals surface area contributed by atoms with Gasteiger partial charge in [0.2, 0.25) is 5.91 Å². The first kappa shape index (κ1) is 23.9. The molecular formula is C24H32N6O4. The van der Waals surface area contributed by atoms with E-state index in [2.05, 4.69) is 25.3 Å². The number of aromatic nitrogens is 4. The van der Waals surface area contributed by atoms with Crippen LogP contribution in [-0.4, -0.2) is 84.0 Å². The normalized spacial score (nSPS) is 14.4. The molecule has 3 aromatic rings. The van der Waals surface area contributed by atoms with E-state index in [1.54, 1.807) is 24.8 Å². The van der Waals surface area contributed by atoms with Crippen LogP contribution in [0.2, 0.25) is 0 Å². The molecule has 2 aromatic heterocycles. The van der Waals surface area contributed by atoms with Crippen LogP contribution in [0, 0.1) is 13.8 Å². The Bertz CT molecular complexity index is 1130. The van der Waals surface area contributed by atoms with Crippen molar-refractivity contribution in [2.45, 2.75) is 26.7 Å². The van der Waals surface area contributed by atoms with Crippen molar-refractivity contribution in [2.75, 3.05) is 53.6 Å². The summed E-state index contributed by atoms with van der Waals surface area (Å²) in [7, 11) is 3.21. The zero-order valence-electron chi connectivity index (χ0n) is 20.3. The Balaban J connectivity index is 1.45. The summed E-state index contributed by atoms with van der Waals surface area (Å²) in [5.41, 5.74) is 3.57. The fraction of sp³-hybridized carbons (Fsp3) is 0.500. The van der Waals surface area contributed by atoms with Crippen LogP contribution in [0.4, 0.5) is 0 Å². The molecule has 0 bridgehead atoms. The van der Waals surface area contributed by atoms with Crippen molar-refractivity contribution in [2.24, 2.45) is 0 Å². The fourth-order valence-electron chi connectivity index (χ4n) is 4.13. The van der Waals surface area contributed by atoms with Crippen LogP contribution >= 0.6 is 0 Å². The molecule has 1 N–H and O–H groups in total. The second-order valence-corrected chi connectivity index (χ2v) is 8.31. The Hall–Kier alpha value is -3.24. The van der Waals surface area contributed by atoms with E-state index in [4.69, 9.17) is 14.2 Å². The van der Waals surface area contributed by atoms with Gasteiger partial charge >= 0.3 is 0 Å². The summed E-state index contributed by atoms with van der Waals surface area (Å²) in [4.78, 5) is 24.0. The van der Waals surface area contributed by atoms with Gasteiger partial charge in [0.1, 0.15) is 11.5 Å². The van der Waals surface area contributed by atoms with Gasteiger partial charge in [0, 0.05) is 55.6 Å². The highest BCUT2D eigenvalue weighted by molar-refractivity contribution is 5.76. The van der Waals surface area contributed by atoms with Gasteiger partial charge < -0.3 is 19.5 Å². The van der Waals surface area contributed by atoms with Gasteiger partial charge in [-0.2, -0.15) is 4.98 Å². The maximum Gasteiger partial charge on any atom is 0.253 e. The number of nitrogens with zero attached hydrogens (tertiary/aromatic N) is 5. The lowest BCUT2D eigenvalue weighted by Crippen LogP contribution is -2.41. The number of rotatable bonds is 9. The molecule has 1 amide bonds. The number of hydrogen-bond acceptors (Lipinski definition) is 8. The monoisotopic (exact) mass is 468 g/mol. The van der Waals surface area contributed by atoms with E-state index in [0.29, 0.717) is 42.5 Å². The Morgan fingerprint density at radius 2 is 1.79 bits per heavy atom. The van der Waals surface area contributed by atoms with Gasteiger partial charge in [0.25, 0.3) is 5.78 Å². The molecule has 34 heavy (non-hydrogen) atoms. The summed E-state index contributed by atoms with van der Waals surface area (Å²) in [6.07, 6.45) is 0.985. The number of carbonyl (C=O) groups is 1. The summed E-state index contributed by atoms with van der Waals surface area (Å²) in [5.74, 6) is 2.41. The van der Waals surface area contributed by atoms with E-state index >= 15 is 0 Å². The molecule has 3 heterocycles. The zero-order valence-corrected chi connectivity index (χ0v) is 20.3. The average Bonchev–Trinajstić information content (AvgIpc) is 3.28. The number of aryl methyl sites for hydroxylation is 2. The van der Waals surface area contributed by atoms with Crippen LogP contribution in [0.5, 0.6) is 11.5 Å². The second kappa shape index (κ2) is 10.8. The van der Waals surface area contributed by atoms with Crippen LogP contribution in [0.15, 0.2) is 18.2 Å². The number of fused-ring (bicyclic) bond motifs is 1. The van der Waals surface area contributed by atoms with Crippen LogP contribution in [0.1, 0.15) is 23.4 Å². The third-order valence-corrected chi connectivity index (χ3v) is 6.11. The first-order valence-corrected chi connectivity index (χ1v) is 11.5. The summed E-state index contributed by atoms with van der Waals surface area (Å²) in [5, 5.41) is 7.70. The van der Waals surface area contributed by atoms with Crippen LogP contribution in [0.25, 0.3) is 17.2 Å². The molecule has 1 saturated heterocycles. The number of morpholine rings is 1. The van der Waals surface area contributed by atoms with Crippen molar-refractivity contribution in [3.05, 3.63) is 35.2 Å². The second-order valence-electron chi connectivity index (χ2n) is 8.31. The molecule has 1 aromatic carbocycles. The highest BCUT2D eigenvalue weighted by Gasteiger charge is 2.17. The summed E-state index contributed by atoms with van der Waals surface area (Å²) in [6, 6.07) is 5.53. The van der Waals surface area contributed by atoms with Gasteiger partial charge in [-0.25, -0.2) is 9.50 Å². The van der Waals surface area contributed by atoms with Crippen LogP contribution in [0.3, 0.4) is 0 Å². The number of methoxy groups -OCH3 is 2. The van der Waals surface area contributed by atoms with Crippen molar-refractivity contribution >= 4 is 11.7 Å². The average molecular weight is 469 g/mol. The molecular weight excluding hydrogens is 436 g/mol. The molecule has 1 aliphatic heterocycles. The minimum atomic E-state index is 0.0370. The lowest BCUT2D eigenvalue weighted by molar-refractivity contribution is -0.121. The first-order chi connectivity index (χ1) is 16.5. The zero-order chi connectivity index (χ0) is 24.1. The Morgan fingerprint density at radius 1 is 1.09 bits per heavy atom. The first-order valence-electron chi connectivity index (χ1n) is 11.5. The minimum Gasteiger partial charge on any atom is -0.497 e. The summed E-state index contributed by atoms with van der Waals surface area (Å²) < 4.78 is 17.8.